The number of aliphatic hydroxyl groups is 3. The Morgan fingerprint density at radius 2 is 1.64 bits per heavy atom. The standard InChI is InChI=1S/C37H58N2O6/c1-22(2)39(21-34(44)45-27-9-7-24(8-10-27)18-32(38)42)33(43)13-6-23(3)28-11-12-29-35-30(15-17-37(28,29)5)36(4)16-14-26(40)19-25(36)20-31(35)41/h7-10,22-23,25-26,28-31,34-35,40-41,44H,6,11-21H2,1-5H3,(H2,38,42)/t23?,25?,26-,28?,29?,30?,31?,34?,35?,36?,37?/m1/s1. The molecule has 0 aliphatic heterocycles. The van der Waals surface area contributed by atoms with Crippen LogP contribution in [0.2, 0.25) is 0 Å². The Labute approximate surface area is 270 Å². The minimum absolute atomic E-state index is 0.0286. The molecule has 0 saturated heterocycles. The van der Waals surface area contributed by atoms with E-state index < -0.39 is 12.2 Å². The summed E-state index contributed by atoms with van der Waals surface area (Å²) in [6.45, 7) is 11.2. The van der Waals surface area contributed by atoms with Crippen LogP contribution in [0.5, 0.6) is 5.75 Å². The summed E-state index contributed by atoms with van der Waals surface area (Å²) in [6, 6.07) is 6.79. The Morgan fingerprint density at radius 3 is 2.31 bits per heavy atom. The number of rotatable bonds is 11. The lowest BCUT2D eigenvalue weighted by molar-refractivity contribution is -0.174. The molecule has 1 aromatic carbocycles. The highest BCUT2D eigenvalue weighted by molar-refractivity contribution is 5.77. The molecule has 1 aromatic rings. The van der Waals surface area contributed by atoms with Gasteiger partial charge in [-0.25, -0.2) is 0 Å². The number of carbonyl (C=O) groups is 2. The molecule has 252 valence electrons. The molecule has 45 heavy (non-hydrogen) atoms. The van der Waals surface area contributed by atoms with Crippen LogP contribution in [0.15, 0.2) is 24.3 Å². The SMILES string of the molecule is CC(CCC(=O)N(CC(O)Oc1ccc(CC(N)=O)cc1)C(C)C)C1CCC2C3C(O)CC4C[C@H](O)CCC4(C)C3CCC12C. The molecule has 4 fully saturated rings. The number of fused-ring (bicyclic) bond motifs is 5. The van der Waals surface area contributed by atoms with Crippen LogP contribution >= 0.6 is 0 Å². The molecule has 0 radical (unpaired) electrons. The van der Waals surface area contributed by atoms with E-state index in [1.807, 2.05) is 13.8 Å². The lowest BCUT2D eigenvalue weighted by atomic mass is 9.43. The fraction of sp³-hybridized carbons (Fsp3) is 0.784. The molecule has 4 saturated carbocycles. The molecule has 0 aromatic heterocycles. The van der Waals surface area contributed by atoms with E-state index >= 15 is 0 Å². The van der Waals surface area contributed by atoms with Crippen molar-refractivity contribution >= 4 is 11.8 Å². The van der Waals surface area contributed by atoms with Gasteiger partial charge >= 0.3 is 0 Å². The Morgan fingerprint density at radius 1 is 0.978 bits per heavy atom. The van der Waals surface area contributed by atoms with Crippen LogP contribution in [-0.4, -0.2) is 63.1 Å². The summed E-state index contributed by atoms with van der Waals surface area (Å²) in [6.07, 6.45) is 8.03. The smallest absolute Gasteiger partial charge is 0.223 e. The number of primary amides is 1. The number of amides is 2. The van der Waals surface area contributed by atoms with Crippen LogP contribution in [0, 0.1) is 46.3 Å². The fourth-order valence-corrected chi connectivity index (χ4v) is 10.7. The van der Waals surface area contributed by atoms with Gasteiger partial charge in [-0.3, -0.25) is 9.59 Å². The zero-order valence-electron chi connectivity index (χ0n) is 28.2. The maximum atomic E-state index is 13.5. The molecule has 5 rings (SSSR count). The molecule has 2 amide bonds. The lowest BCUT2D eigenvalue weighted by Crippen LogP contribution is -2.58. The molecule has 8 nitrogen and oxygen atoms in total. The number of carbonyl (C=O) groups excluding carboxylic acids is 2. The number of aliphatic hydroxyl groups excluding tert-OH is 3. The van der Waals surface area contributed by atoms with Crippen molar-refractivity contribution in [1.82, 2.24) is 4.90 Å². The number of hydrogen-bond acceptors (Lipinski definition) is 6. The minimum Gasteiger partial charge on any atom is -0.463 e. The highest BCUT2D eigenvalue weighted by Crippen LogP contribution is 2.68. The van der Waals surface area contributed by atoms with Crippen LogP contribution in [0.25, 0.3) is 0 Å². The van der Waals surface area contributed by atoms with Gasteiger partial charge in [-0.1, -0.05) is 32.9 Å². The number of benzene rings is 1. The average Bonchev–Trinajstić information content (AvgIpc) is 3.33. The zero-order valence-corrected chi connectivity index (χ0v) is 28.2. The van der Waals surface area contributed by atoms with Gasteiger partial charge in [-0.15, -0.1) is 0 Å². The summed E-state index contributed by atoms with van der Waals surface area (Å²) in [5, 5.41) is 32.6. The molecule has 4 aliphatic rings. The van der Waals surface area contributed by atoms with Crippen molar-refractivity contribution in [3.8, 4) is 5.75 Å². The summed E-state index contributed by atoms with van der Waals surface area (Å²) in [7, 11) is 0. The van der Waals surface area contributed by atoms with Crippen molar-refractivity contribution in [2.75, 3.05) is 6.54 Å². The summed E-state index contributed by atoms with van der Waals surface area (Å²) in [5.41, 5.74) is 6.44. The second kappa shape index (κ2) is 13.5. The number of ether oxygens (including phenoxy) is 1. The molecular formula is C37H58N2O6. The molecule has 10 unspecified atom stereocenters. The molecule has 0 heterocycles. The van der Waals surface area contributed by atoms with E-state index in [9.17, 15) is 24.9 Å². The monoisotopic (exact) mass is 626 g/mol. The van der Waals surface area contributed by atoms with Crippen molar-refractivity contribution < 1.29 is 29.6 Å². The van der Waals surface area contributed by atoms with Crippen LogP contribution in [0.3, 0.4) is 0 Å². The molecule has 8 heteroatoms. The van der Waals surface area contributed by atoms with E-state index in [-0.39, 0.29) is 48.0 Å². The molecule has 0 spiro atoms. The van der Waals surface area contributed by atoms with Crippen molar-refractivity contribution in [3.63, 3.8) is 0 Å². The second-order valence-corrected chi connectivity index (χ2v) is 16.0. The highest BCUT2D eigenvalue weighted by atomic mass is 16.6. The third-order valence-corrected chi connectivity index (χ3v) is 13.1. The van der Waals surface area contributed by atoms with Gasteiger partial charge in [0.2, 0.25) is 18.1 Å². The quantitative estimate of drug-likeness (QED) is 0.254. The van der Waals surface area contributed by atoms with Crippen LogP contribution < -0.4 is 10.5 Å². The van der Waals surface area contributed by atoms with Gasteiger partial charge < -0.3 is 30.7 Å². The topological polar surface area (TPSA) is 133 Å². The van der Waals surface area contributed by atoms with Gasteiger partial charge in [0.15, 0.2) is 0 Å². The molecule has 5 N–H and O–H groups in total. The first-order chi connectivity index (χ1) is 21.2. The maximum Gasteiger partial charge on any atom is 0.223 e. The van der Waals surface area contributed by atoms with E-state index in [1.165, 1.54) is 6.42 Å². The number of hydrogen-bond donors (Lipinski definition) is 4. The first kappa shape index (κ1) is 34.2. The molecule has 0 bridgehead atoms. The van der Waals surface area contributed by atoms with Crippen molar-refractivity contribution in [1.29, 1.82) is 0 Å². The second-order valence-electron chi connectivity index (χ2n) is 16.0. The number of nitrogens with two attached hydrogens (primary N) is 1. The zero-order chi connectivity index (χ0) is 32.7. The van der Waals surface area contributed by atoms with Gasteiger partial charge in [-0.05, 0) is 136 Å². The van der Waals surface area contributed by atoms with Gasteiger partial charge in [0.05, 0.1) is 25.2 Å². The Balaban J connectivity index is 1.17. The third-order valence-electron chi connectivity index (χ3n) is 13.1. The van der Waals surface area contributed by atoms with Gasteiger partial charge in [-0.2, -0.15) is 0 Å². The first-order valence-corrected chi connectivity index (χ1v) is 17.6. The minimum atomic E-state index is -1.17. The van der Waals surface area contributed by atoms with Gasteiger partial charge in [0.1, 0.15) is 5.75 Å². The van der Waals surface area contributed by atoms with E-state index in [4.69, 9.17) is 10.5 Å². The molecular weight excluding hydrogens is 568 g/mol. The van der Waals surface area contributed by atoms with E-state index in [2.05, 4.69) is 20.8 Å². The number of nitrogens with zero attached hydrogens (tertiary/aromatic N) is 1. The van der Waals surface area contributed by atoms with Gasteiger partial charge in [0.25, 0.3) is 0 Å². The molecule has 4 aliphatic carbocycles. The third kappa shape index (κ3) is 6.94. The van der Waals surface area contributed by atoms with Crippen molar-refractivity contribution in [3.05, 3.63) is 29.8 Å². The van der Waals surface area contributed by atoms with E-state index in [0.29, 0.717) is 47.7 Å². The fourth-order valence-electron chi connectivity index (χ4n) is 10.7. The van der Waals surface area contributed by atoms with E-state index in [0.717, 1.165) is 56.9 Å². The summed E-state index contributed by atoms with van der Waals surface area (Å²) in [4.78, 5) is 26.3. The first-order valence-electron chi connectivity index (χ1n) is 17.6. The summed E-state index contributed by atoms with van der Waals surface area (Å²) >= 11 is 0. The predicted octanol–water partition coefficient (Wildman–Crippen LogP) is 5.06. The lowest BCUT2D eigenvalue weighted by Gasteiger charge is -2.62. The summed E-state index contributed by atoms with van der Waals surface area (Å²) in [5.74, 6) is 2.83. The Hall–Kier alpha value is -2.16. The Kier molecular flexibility index (Phi) is 10.3. The largest absolute Gasteiger partial charge is 0.463 e. The Bertz CT molecular complexity index is 1190. The summed E-state index contributed by atoms with van der Waals surface area (Å²) < 4.78 is 5.69. The highest BCUT2D eigenvalue weighted by Gasteiger charge is 2.62. The predicted molar refractivity (Wildman–Crippen MR) is 174 cm³/mol. The maximum absolute atomic E-state index is 13.5. The van der Waals surface area contributed by atoms with Crippen molar-refractivity contribution in [2.45, 2.75) is 130 Å². The van der Waals surface area contributed by atoms with Gasteiger partial charge in [0, 0.05) is 12.5 Å². The normalized spacial score (nSPS) is 37.2. The average molecular weight is 627 g/mol. The van der Waals surface area contributed by atoms with Crippen molar-refractivity contribution in [2.24, 2.45) is 52.1 Å². The molecule has 11 atom stereocenters. The van der Waals surface area contributed by atoms with E-state index in [1.54, 1.807) is 29.2 Å². The van der Waals surface area contributed by atoms with Crippen LogP contribution in [0.4, 0.5) is 0 Å². The van der Waals surface area contributed by atoms with Crippen LogP contribution in [-0.2, 0) is 16.0 Å². The van der Waals surface area contributed by atoms with Crippen LogP contribution in [0.1, 0.15) is 104 Å².